The summed E-state index contributed by atoms with van der Waals surface area (Å²) in [7, 11) is 3.03. The van der Waals surface area contributed by atoms with Crippen molar-refractivity contribution in [1.29, 1.82) is 0 Å². The van der Waals surface area contributed by atoms with E-state index in [1.807, 2.05) is 6.92 Å². The van der Waals surface area contributed by atoms with Gasteiger partial charge in [0.25, 0.3) is 5.88 Å². The fourth-order valence-corrected chi connectivity index (χ4v) is 4.32. The largest absolute Gasteiger partial charge is 0.491 e. The van der Waals surface area contributed by atoms with Crippen molar-refractivity contribution in [2.75, 3.05) is 14.2 Å². The van der Waals surface area contributed by atoms with Crippen LogP contribution in [0.5, 0.6) is 23.1 Å². The molecule has 0 bridgehead atoms. The number of hydrogen-bond acceptors (Lipinski definition) is 7. The van der Waals surface area contributed by atoms with Gasteiger partial charge in [-0.05, 0) is 42.3 Å². The molecule has 9 heteroatoms. The number of ketones is 1. The number of carbonyl (C=O) groups is 1. The zero-order chi connectivity index (χ0) is 28.2. The number of ether oxygens (including phenoxy) is 3. The summed E-state index contributed by atoms with van der Waals surface area (Å²) in [6.45, 7) is 2.48. The first kappa shape index (κ1) is 26.6. The summed E-state index contributed by atoms with van der Waals surface area (Å²) < 4.78 is 31.9. The molecule has 0 fully saturated rings. The first-order valence-electron chi connectivity index (χ1n) is 12.6. The van der Waals surface area contributed by atoms with Crippen molar-refractivity contribution in [3.05, 3.63) is 106 Å². The first-order valence-corrected chi connectivity index (χ1v) is 12.6. The number of Topliss-reactive ketones (excluding diaryl/α,β-unsaturated/α-hetero) is 1. The summed E-state index contributed by atoms with van der Waals surface area (Å²) in [6, 6.07) is 16.1. The Bertz CT molecular complexity index is 1750. The normalized spacial score (nSPS) is 10.9. The zero-order valence-electron chi connectivity index (χ0n) is 22.2. The van der Waals surface area contributed by atoms with Crippen molar-refractivity contribution in [3.63, 3.8) is 0 Å². The van der Waals surface area contributed by atoms with Crippen molar-refractivity contribution < 1.29 is 23.4 Å². The van der Waals surface area contributed by atoms with Gasteiger partial charge in [-0.2, -0.15) is 0 Å². The first-order chi connectivity index (χ1) is 19.4. The number of aromatic nitrogens is 3. The maximum Gasteiger partial charge on any atom is 0.257 e. The van der Waals surface area contributed by atoms with E-state index in [4.69, 9.17) is 14.2 Å². The molecule has 0 aliphatic heterocycles. The average Bonchev–Trinajstić information content (AvgIpc) is 2.98. The Balaban J connectivity index is 1.38. The Morgan fingerprint density at radius 3 is 2.38 bits per heavy atom. The quantitative estimate of drug-likeness (QED) is 0.217. The molecule has 0 aliphatic carbocycles. The van der Waals surface area contributed by atoms with Gasteiger partial charge >= 0.3 is 0 Å². The molecule has 0 spiro atoms. The van der Waals surface area contributed by atoms with Crippen molar-refractivity contribution in [2.24, 2.45) is 0 Å². The van der Waals surface area contributed by atoms with E-state index in [9.17, 15) is 14.0 Å². The van der Waals surface area contributed by atoms with Gasteiger partial charge in [0.05, 0.1) is 25.3 Å². The summed E-state index contributed by atoms with van der Waals surface area (Å²) in [5, 5.41) is 0. The van der Waals surface area contributed by atoms with Crippen LogP contribution in [0.2, 0.25) is 0 Å². The standard InChI is InChI=1S/C31H26FN3O5/c1-4-35-17-23(20-7-9-21(32)10-8-20)30(37)24(18-35)26(36)15-19-5-11-22(12-6-19)40-27-13-14-33-25-16-28(38-2)31(39-3)34-29(25)27/h5-14,16-18H,4,15H2,1-3H3. The predicted molar refractivity (Wildman–Crippen MR) is 149 cm³/mol. The molecule has 5 aromatic rings. The van der Waals surface area contributed by atoms with Gasteiger partial charge in [0, 0.05) is 49.3 Å². The minimum Gasteiger partial charge on any atom is -0.491 e. The van der Waals surface area contributed by atoms with Gasteiger partial charge in [-0.25, -0.2) is 9.37 Å². The van der Waals surface area contributed by atoms with Gasteiger partial charge < -0.3 is 18.8 Å². The van der Waals surface area contributed by atoms with E-state index >= 15 is 0 Å². The fourth-order valence-electron chi connectivity index (χ4n) is 4.32. The second-order valence-corrected chi connectivity index (χ2v) is 8.97. The Kier molecular flexibility index (Phi) is 7.54. The van der Waals surface area contributed by atoms with Gasteiger partial charge in [-0.3, -0.25) is 14.6 Å². The molecule has 0 atom stereocenters. The minimum absolute atomic E-state index is 0.0306. The van der Waals surface area contributed by atoms with Crippen LogP contribution in [0.1, 0.15) is 22.8 Å². The molecule has 2 aromatic carbocycles. The third kappa shape index (κ3) is 5.40. The molecule has 0 radical (unpaired) electrons. The molecular formula is C31H26FN3O5. The van der Waals surface area contributed by atoms with E-state index in [-0.39, 0.29) is 23.2 Å². The van der Waals surface area contributed by atoms with Gasteiger partial charge in [0.2, 0.25) is 0 Å². The van der Waals surface area contributed by atoms with Crippen molar-refractivity contribution in [3.8, 4) is 34.3 Å². The van der Waals surface area contributed by atoms with Crippen molar-refractivity contribution in [1.82, 2.24) is 14.5 Å². The number of halogens is 1. The molecule has 0 N–H and O–H groups in total. The highest BCUT2D eigenvalue weighted by Crippen LogP contribution is 2.34. The Morgan fingerprint density at radius 1 is 0.950 bits per heavy atom. The molecular weight excluding hydrogens is 513 g/mol. The molecule has 0 aliphatic rings. The lowest BCUT2D eigenvalue weighted by atomic mass is 9.99. The van der Waals surface area contributed by atoms with Crippen LogP contribution in [0.4, 0.5) is 4.39 Å². The molecule has 3 aromatic heterocycles. The molecule has 5 rings (SSSR count). The van der Waals surface area contributed by atoms with Crippen LogP contribution in [0, 0.1) is 5.82 Å². The zero-order valence-corrected chi connectivity index (χ0v) is 22.2. The van der Waals surface area contributed by atoms with Crippen LogP contribution in [0.15, 0.2) is 84.0 Å². The van der Waals surface area contributed by atoms with Crippen LogP contribution in [-0.2, 0) is 13.0 Å². The molecule has 3 heterocycles. The number of carbonyl (C=O) groups excluding carboxylic acids is 1. The van der Waals surface area contributed by atoms with Crippen LogP contribution < -0.4 is 19.6 Å². The summed E-state index contributed by atoms with van der Waals surface area (Å²) in [4.78, 5) is 35.3. The smallest absolute Gasteiger partial charge is 0.257 e. The summed E-state index contributed by atoms with van der Waals surface area (Å²) >= 11 is 0. The maximum absolute atomic E-state index is 13.4. The average molecular weight is 540 g/mol. The molecule has 0 amide bonds. The second kappa shape index (κ2) is 11.4. The lowest BCUT2D eigenvalue weighted by Crippen LogP contribution is -2.21. The fraction of sp³-hybridized carbons (Fsp3) is 0.161. The Labute approximate surface area is 229 Å². The van der Waals surface area contributed by atoms with Crippen molar-refractivity contribution >= 4 is 16.8 Å². The number of rotatable bonds is 9. The SMILES string of the molecule is CCn1cc(C(=O)Cc2ccc(Oc3ccnc4cc(OC)c(OC)nc34)cc2)c(=O)c(-c2ccc(F)cc2)c1. The Hall–Kier alpha value is -5.05. The van der Waals surface area contributed by atoms with E-state index in [0.717, 1.165) is 5.56 Å². The van der Waals surface area contributed by atoms with Crippen LogP contribution in [0.3, 0.4) is 0 Å². The summed E-state index contributed by atoms with van der Waals surface area (Å²) in [5.74, 6) is 1.08. The number of nitrogens with zero attached hydrogens (tertiary/aromatic N) is 3. The highest BCUT2D eigenvalue weighted by molar-refractivity contribution is 5.98. The van der Waals surface area contributed by atoms with Gasteiger partial charge in [-0.15, -0.1) is 0 Å². The minimum atomic E-state index is -0.396. The Morgan fingerprint density at radius 2 is 1.70 bits per heavy atom. The van der Waals surface area contributed by atoms with E-state index in [2.05, 4.69) is 9.97 Å². The van der Waals surface area contributed by atoms with E-state index < -0.39 is 5.82 Å². The third-order valence-corrected chi connectivity index (χ3v) is 6.44. The van der Waals surface area contributed by atoms with Crippen molar-refractivity contribution in [2.45, 2.75) is 19.9 Å². The molecule has 202 valence electrons. The third-order valence-electron chi connectivity index (χ3n) is 6.44. The maximum atomic E-state index is 13.4. The van der Waals surface area contributed by atoms with Gasteiger partial charge in [0.1, 0.15) is 17.1 Å². The molecule has 0 unspecified atom stereocenters. The number of hydrogen-bond donors (Lipinski definition) is 0. The number of fused-ring (bicyclic) bond motifs is 1. The molecule has 40 heavy (non-hydrogen) atoms. The number of aryl methyl sites for hydroxylation is 1. The van der Waals surface area contributed by atoms with Gasteiger partial charge in [-0.1, -0.05) is 24.3 Å². The van der Waals surface area contributed by atoms with Gasteiger partial charge in [0.15, 0.2) is 22.7 Å². The highest BCUT2D eigenvalue weighted by Gasteiger charge is 2.17. The number of pyridine rings is 3. The van der Waals surface area contributed by atoms with E-state index in [1.165, 1.54) is 38.5 Å². The van der Waals surface area contributed by atoms with Crippen LogP contribution in [-0.4, -0.2) is 34.5 Å². The highest BCUT2D eigenvalue weighted by atomic mass is 19.1. The topological polar surface area (TPSA) is 92.5 Å². The van der Waals surface area contributed by atoms with E-state index in [1.54, 1.807) is 59.6 Å². The predicted octanol–water partition coefficient (Wildman–Crippen LogP) is 5.85. The molecule has 0 saturated heterocycles. The summed E-state index contributed by atoms with van der Waals surface area (Å²) in [5.41, 5.74) is 2.41. The van der Waals surface area contributed by atoms with Crippen LogP contribution >= 0.6 is 0 Å². The van der Waals surface area contributed by atoms with Crippen LogP contribution in [0.25, 0.3) is 22.2 Å². The summed E-state index contributed by atoms with van der Waals surface area (Å²) in [6.07, 6.45) is 4.89. The lowest BCUT2D eigenvalue weighted by molar-refractivity contribution is 0.0991. The number of methoxy groups -OCH3 is 2. The monoisotopic (exact) mass is 539 g/mol. The molecule has 0 saturated carbocycles. The molecule has 8 nitrogen and oxygen atoms in total. The lowest BCUT2D eigenvalue weighted by Gasteiger charge is -2.12. The second-order valence-electron chi connectivity index (χ2n) is 8.97. The van der Waals surface area contributed by atoms with E-state index in [0.29, 0.717) is 51.8 Å². The number of benzene rings is 2.